The second-order valence-electron chi connectivity index (χ2n) is 3.64. The highest BCUT2D eigenvalue weighted by Gasteiger charge is 2.44. The first-order valence-corrected chi connectivity index (χ1v) is 7.45. The second kappa shape index (κ2) is 3.62. The number of thiocarbonyl (C=S) groups is 1. The zero-order valence-corrected chi connectivity index (χ0v) is 10.00. The maximum absolute atomic E-state index is 11.8. The van der Waals surface area contributed by atoms with E-state index < -0.39 is 10.0 Å². The number of rotatable bonds is 3. The van der Waals surface area contributed by atoms with E-state index in [0.717, 1.165) is 12.2 Å². The number of hydrogen-bond acceptors (Lipinski definition) is 4. The van der Waals surface area contributed by atoms with Crippen LogP contribution in [0.1, 0.15) is 6.42 Å². The Labute approximate surface area is 93.3 Å². The van der Waals surface area contributed by atoms with Crippen molar-refractivity contribution in [2.45, 2.75) is 17.7 Å². The van der Waals surface area contributed by atoms with E-state index in [1.165, 1.54) is 0 Å². The molecule has 2 aliphatic heterocycles. The average Bonchev–Trinajstić information content (AvgIpc) is 2.60. The van der Waals surface area contributed by atoms with Crippen molar-refractivity contribution in [2.24, 2.45) is 5.73 Å². The summed E-state index contributed by atoms with van der Waals surface area (Å²) >= 11 is 6.49. The van der Waals surface area contributed by atoms with Gasteiger partial charge in [0, 0.05) is 23.6 Å². The van der Waals surface area contributed by atoms with Crippen molar-refractivity contribution in [3.05, 3.63) is 0 Å². The molecule has 2 atom stereocenters. The van der Waals surface area contributed by atoms with E-state index in [1.54, 1.807) is 4.31 Å². The normalized spacial score (nSPS) is 32.3. The van der Waals surface area contributed by atoms with Crippen LogP contribution >= 0.6 is 24.0 Å². The van der Waals surface area contributed by atoms with Crippen LogP contribution in [-0.4, -0.2) is 47.1 Å². The quantitative estimate of drug-likeness (QED) is 0.704. The van der Waals surface area contributed by atoms with Gasteiger partial charge in [0.15, 0.2) is 0 Å². The average molecular weight is 252 g/mol. The van der Waals surface area contributed by atoms with Crippen LogP contribution in [0.2, 0.25) is 0 Å². The number of nitrogens with zero attached hydrogens (tertiary/aromatic N) is 1. The lowest BCUT2D eigenvalue weighted by Gasteiger charge is -2.25. The molecule has 0 aliphatic carbocycles. The number of nitrogens with two attached hydrogens (primary N) is 1. The second-order valence-corrected chi connectivity index (χ2v) is 7.42. The smallest absolute Gasteiger partial charge is 0.220 e. The summed E-state index contributed by atoms with van der Waals surface area (Å²) in [6.07, 6.45) is 0.987. The van der Waals surface area contributed by atoms with Crippen LogP contribution in [0.3, 0.4) is 0 Å². The lowest BCUT2D eigenvalue weighted by Crippen LogP contribution is -2.42. The summed E-state index contributed by atoms with van der Waals surface area (Å²) in [4.78, 5) is 0.0560. The first-order valence-electron chi connectivity index (χ1n) is 4.38. The fraction of sp³-hybridized carbons (Fsp3) is 0.857. The summed E-state index contributed by atoms with van der Waals surface area (Å²) in [7, 11) is -3.24. The molecule has 0 amide bonds. The molecule has 2 aliphatic rings. The predicted molar refractivity (Wildman–Crippen MR) is 61.9 cm³/mol. The van der Waals surface area contributed by atoms with Crippen LogP contribution in [0.25, 0.3) is 0 Å². The van der Waals surface area contributed by atoms with Crippen molar-refractivity contribution in [2.75, 3.05) is 18.1 Å². The molecule has 2 saturated heterocycles. The van der Waals surface area contributed by atoms with Crippen molar-refractivity contribution in [1.82, 2.24) is 4.31 Å². The molecule has 4 nitrogen and oxygen atoms in total. The van der Waals surface area contributed by atoms with E-state index in [1.807, 2.05) is 11.8 Å². The van der Waals surface area contributed by atoms with E-state index in [0.29, 0.717) is 11.8 Å². The lowest BCUT2D eigenvalue weighted by molar-refractivity contribution is 0.412. The van der Waals surface area contributed by atoms with Crippen LogP contribution in [0, 0.1) is 0 Å². The predicted octanol–water partition coefficient (Wildman–Crippen LogP) is -0.208. The third kappa shape index (κ3) is 1.91. The summed E-state index contributed by atoms with van der Waals surface area (Å²) in [5.41, 5.74) is 5.26. The molecule has 0 aromatic carbocycles. The van der Waals surface area contributed by atoms with Crippen molar-refractivity contribution < 1.29 is 8.42 Å². The van der Waals surface area contributed by atoms with E-state index in [4.69, 9.17) is 5.73 Å². The SMILES string of the molecule is NC(=S)CS(=O)(=O)N1CC2CC1CS2. The topological polar surface area (TPSA) is 63.4 Å². The minimum absolute atomic E-state index is 0.0560. The third-order valence-electron chi connectivity index (χ3n) is 2.53. The van der Waals surface area contributed by atoms with Gasteiger partial charge in [0.2, 0.25) is 10.0 Å². The molecule has 14 heavy (non-hydrogen) atoms. The van der Waals surface area contributed by atoms with Gasteiger partial charge in [-0.3, -0.25) is 0 Å². The minimum Gasteiger partial charge on any atom is -0.392 e. The number of thioether (sulfide) groups is 1. The Kier molecular flexibility index (Phi) is 2.76. The van der Waals surface area contributed by atoms with Gasteiger partial charge in [-0.2, -0.15) is 16.1 Å². The maximum atomic E-state index is 11.8. The Bertz CT molecular complexity index is 354. The maximum Gasteiger partial charge on any atom is 0.220 e. The van der Waals surface area contributed by atoms with Gasteiger partial charge in [0.1, 0.15) is 5.75 Å². The molecular weight excluding hydrogens is 240 g/mol. The lowest BCUT2D eigenvalue weighted by atomic mass is 10.3. The highest BCUT2D eigenvalue weighted by atomic mass is 32.2. The van der Waals surface area contributed by atoms with Gasteiger partial charge in [0.25, 0.3) is 0 Å². The minimum atomic E-state index is -3.24. The molecule has 2 N–H and O–H groups in total. The van der Waals surface area contributed by atoms with Gasteiger partial charge in [-0.25, -0.2) is 8.42 Å². The molecule has 2 bridgehead atoms. The highest BCUT2D eigenvalue weighted by Crippen LogP contribution is 2.38. The number of hydrogen-bond donors (Lipinski definition) is 1. The van der Waals surface area contributed by atoms with Gasteiger partial charge < -0.3 is 5.73 Å². The molecule has 2 fully saturated rings. The largest absolute Gasteiger partial charge is 0.392 e. The number of fused-ring (bicyclic) bond motifs is 2. The molecule has 2 rings (SSSR count). The van der Waals surface area contributed by atoms with Gasteiger partial charge in [-0.05, 0) is 6.42 Å². The van der Waals surface area contributed by atoms with E-state index in [2.05, 4.69) is 12.2 Å². The molecule has 2 heterocycles. The van der Waals surface area contributed by atoms with Gasteiger partial charge in [0.05, 0.1) is 4.99 Å². The molecular formula is C7H12N2O2S3. The zero-order chi connectivity index (χ0) is 10.3. The fourth-order valence-electron chi connectivity index (χ4n) is 1.97. The van der Waals surface area contributed by atoms with Crippen LogP contribution in [0.4, 0.5) is 0 Å². The molecule has 0 spiro atoms. The summed E-state index contributed by atoms with van der Waals surface area (Å²) in [5, 5.41) is 0.487. The molecule has 0 aromatic heterocycles. The summed E-state index contributed by atoms with van der Waals surface area (Å²) in [6.45, 7) is 0.639. The molecule has 2 unspecified atom stereocenters. The Morgan fingerprint density at radius 1 is 1.64 bits per heavy atom. The number of sulfonamides is 1. The van der Waals surface area contributed by atoms with Crippen molar-refractivity contribution >= 4 is 39.0 Å². The first kappa shape index (κ1) is 10.7. The zero-order valence-electron chi connectivity index (χ0n) is 7.55. The Hall–Kier alpha value is 0.150. The van der Waals surface area contributed by atoms with Gasteiger partial charge in [-0.15, -0.1) is 0 Å². The molecule has 0 aromatic rings. The third-order valence-corrected chi connectivity index (χ3v) is 6.09. The summed E-state index contributed by atoms with van der Waals surface area (Å²) in [6, 6.07) is 0.185. The highest BCUT2D eigenvalue weighted by molar-refractivity contribution is 8.00. The van der Waals surface area contributed by atoms with Crippen LogP contribution in [0.15, 0.2) is 0 Å². The standard InChI is InChI=1S/C7H12N2O2S3/c8-7(12)4-14(10,11)9-2-6-1-5(9)3-13-6/h5-6H,1-4H2,(H2,8,12). The van der Waals surface area contributed by atoms with Crippen LogP contribution < -0.4 is 5.73 Å². The molecule has 0 saturated carbocycles. The van der Waals surface area contributed by atoms with Crippen LogP contribution in [0.5, 0.6) is 0 Å². The van der Waals surface area contributed by atoms with Crippen LogP contribution in [-0.2, 0) is 10.0 Å². The summed E-state index contributed by atoms with van der Waals surface area (Å²) < 4.78 is 25.1. The van der Waals surface area contributed by atoms with Crippen molar-refractivity contribution in [3.8, 4) is 0 Å². The molecule has 0 radical (unpaired) electrons. The van der Waals surface area contributed by atoms with E-state index in [9.17, 15) is 8.42 Å². The van der Waals surface area contributed by atoms with Crippen molar-refractivity contribution in [1.29, 1.82) is 0 Å². The Morgan fingerprint density at radius 2 is 2.36 bits per heavy atom. The molecule has 7 heteroatoms. The van der Waals surface area contributed by atoms with E-state index >= 15 is 0 Å². The Balaban J connectivity index is 2.12. The van der Waals surface area contributed by atoms with Gasteiger partial charge >= 0.3 is 0 Å². The van der Waals surface area contributed by atoms with E-state index in [-0.39, 0.29) is 16.8 Å². The first-order chi connectivity index (χ1) is 6.49. The fourth-order valence-corrected chi connectivity index (χ4v) is 5.59. The molecule has 80 valence electrons. The Morgan fingerprint density at radius 3 is 2.79 bits per heavy atom. The van der Waals surface area contributed by atoms with Crippen molar-refractivity contribution in [3.63, 3.8) is 0 Å². The monoisotopic (exact) mass is 252 g/mol. The summed E-state index contributed by atoms with van der Waals surface area (Å²) in [5.74, 6) is 0.734. The van der Waals surface area contributed by atoms with Gasteiger partial charge in [-0.1, -0.05) is 12.2 Å².